The van der Waals surface area contributed by atoms with E-state index in [4.69, 9.17) is 0 Å². The molecular weight excluding hydrogens is 133 g/mol. The van der Waals surface area contributed by atoms with E-state index in [1.807, 2.05) is 0 Å². The molecule has 0 aromatic heterocycles. The van der Waals surface area contributed by atoms with Crippen LogP contribution in [0, 0.1) is 0 Å². The lowest BCUT2D eigenvalue weighted by Crippen LogP contribution is -2.53. The molecule has 0 aromatic carbocycles. The summed E-state index contributed by atoms with van der Waals surface area (Å²) in [6.45, 7) is 1.33. The van der Waals surface area contributed by atoms with Gasteiger partial charge in [0.25, 0.3) is 0 Å². The molecule has 1 nitrogen and oxygen atoms in total. The number of hydrogen-bond donors (Lipinski definition) is 0. The van der Waals surface area contributed by atoms with E-state index in [-0.39, 0.29) is 0 Å². The van der Waals surface area contributed by atoms with E-state index in [0.717, 1.165) is 0 Å². The van der Waals surface area contributed by atoms with E-state index in [9.17, 15) is 0 Å². The van der Waals surface area contributed by atoms with E-state index in [0.29, 0.717) is 5.54 Å². The molecule has 0 unspecified atom stereocenters. The van der Waals surface area contributed by atoms with Crippen LogP contribution in [0.15, 0.2) is 0 Å². The first kappa shape index (κ1) is 7.66. The minimum Gasteiger partial charge on any atom is -0.302 e. The Hall–Kier alpha value is 0.0249. The lowest BCUT2D eigenvalue weighted by atomic mass is 9.45. The van der Waals surface area contributed by atoms with Crippen LogP contribution in [0.25, 0.3) is 0 Å². The molecule has 11 heavy (non-hydrogen) atoms. The zero-order valence-corrected chi connectivity index (χ0v) is 7.47. The summed E-state index contributed by atoms with van der Waals surface area (Å²) < 4.78 is 0. The van der Waals surface area contributed by atoms with Crippen molar-refractivity contribution in [1.29, 1.82) is 0 Å². The lowest BCUT2D eigenvalue weighted by Gasteiger charge is -2.48. The molecule has 2 heteroatoms. The van der Waals surface area contributed by atoms with E-state index in [2.05, 4.69) is 19.2 Å². The highest BCUT2D eigenvalue weighted by Crippen LogP contribution is 2.39. The highest BCUT2D eigenvalue weighted by atomic mass is 15.2. The highest BCUT2D eigenvalue weighted by Gasteiger charge is 2.40. The molecule has 0 atom stereocenters. The molecule has 1 spiro atoms. The molecule has 2 fully saturated rings. The fraction of sp³-hybridized carbons (Fsp3) is 1.00. The van der Waals surface area contributed by atoms with Crippen molar-refractivity contribution in [1.82, 2.24) is 4.90 Å². The predicted molar refractivity (Wildman–Crippen MR) is 49.2 cm³/mol. The van der Waals surface area contributed by atoms with Crippen LogP contribution in [0.1, 0.15) is 25.7 Å². The normalized spacial score (nSPS) is 30.6. The standard InChI is InChI=1S/C9H17BN/c1-11-6-4-2-3-5-9(11)7-10-8-9/h2-8H2,1H3. The summed E-state index contributed by atoms with van der Waals surface area (Å²) in [6, 6.07) is 0. The van der Waals surface area contributed by atoms with E-state index >= 15 is 0 Å². The maximum Gasteiger partial charge on any atom is 0.114 e. The molecule has 0 amide bonds. The van der Waals surface area contributed by atoms with E-state index in [1.54, 1.807) is 0 Å². The molecule has 0 bridgehead atoms. The van der Waals surface area contributed by atoms with Gasteiger partial charge in [-0.05, 0) is 26.4 Å². The van der Waals surface area contributed by atoms with Crippen molar-refractivity contribution in [3.05, 3.63) is 0 Å². The highest BCUT2D eigenvalue weighted by molar-refractivity contribution is 6.41. The third-order valence-corrected chi connectivity index (χ3v) is 3.49. The first-order valence-electron chi connectivity index (χ1n) is 4.86. The molecule has 2 aliphatic rings. The van der Waals surface area contributed by atoms with Crippen molar-refractivity contribution >= 4 is 7.28 Å². The van der Waals surface area contributed by atoms with Gasteiger partial charge in [0.05, 0.1) is 0 Å². The molecule has 0 N–H and O–H groups in total. The van der Waals surface area contributed by atoms with Crippen LogP contribution in [0.5, 0.6) is 0 Å². The average molecular weight is 150 g/mol. The van der Waals surface area contributed by atoms with Crippen molar-refractivity contribution in [3.8, 4) is 0 Å². The molecule has 2 heterocycles. The molecule has 0 aliphatic carbocycles. The number of nitrogens with zero attached hydrogens (tertiary/aromatic N) is 1. The van der Waals surface area contributed by atoms with Crippen LogP contribution >= 0.6 is 0 Å². The van der Waals surface area contributed by atoms with Gasteiger partial charge in [-0.25, -0.2) is 0 Å². The number of likely N-dealkylation sites (tertiary alicyclic amines) is 1. The zero-order chi connectivity index (χ0) is 7.73. The Balaban J connectivity index is 2.03. The zero-order valence-electron chi connectivity index (χ0n) is 7.47. The Morgan fingerprint density at radius 3 is 2.64 bits per heavy atom. The maximum absolute atomic E-state index is 2.60. The third kappa shape index (κ3) is 1.22. The average Bonchev–Trinajstić information content (AvgIpc) is 2.09. The molecule has 2 saturated heterocycles. The summed E-state index contributed by atoms with van der Waals surface area (Å²) in [5.41, 5.74) is 0.622. The molecular formula is C9H17BN. The fourth-order valence-corrected chi connectivity index (χ4v) is 2.40. The largest absolute Gasteiger partial charge is 0.302 e. The summed E-state index contributed by atoms with van der Waals surface area (Å²) >= 11 is 0. The SMILES string of the molecule is CN1CCCCCC12C[B]C2. The van der Waals surface area contributed by atoms with Gasteiger partial charge < -0.3 is 4.90 Å². The monoisotopic (exact) mass is 150 g/mol. The first-order valence-corrected chi connectivity index (χ1v) is 4.86. The van der Waals surface area contributed by atoms with Gasteiger partial charge in [0.15, 0.2) is 0 Å². The Kier molecular flexibility index (Phi) is 1.96. The summed E-state index contributed by atoms with van der Waals surface area (Å²) in [7, 11) is 4.74. The van der Waals surface area contributed by atoms with Gasteiger partial charge in [0, 0.05) is 5.54 Å². The quantitative estimate of drug-likeness (QED) is 0.476. The second-order valence-electron chi connectivity index (χ2n) is 4.15. The smallest absolute Gasteiger partial charge is 0.114 e. The van der Waals surface area contributed by atoms with Gasteiger partial charge in [0.2, 0.25) is 0 Å². The maximum atomic E-state index is 2.60. The van der Waals surface area contributed by atoms with Crippen LogP contribution < -0.4 is 0 Å². The Bertz CT molecular complexity index is 142. The molecule has 0 aromatic rings. The molecule has 2 rings (SSSR count). The second kappa shape index (κ2) is 2.82. The Morgan fingerprint density at radius 1 is 1.18 bits per heavy atom. The third-order valence-electron chi connectivity index (χ3n) is 3.49. The topological polar surface area (TPSA) is 3.24 Å². The van der Waals surface area contributed by atoms with Crippen LogP contribution in [0.3, 0.4) is 0 Å². The summed E-state index contributed by atoms with van der Waals surface area (Å²) in [5, 5.41) is 0. The Labute approximate surface area is 70.4 Å². The second-order valence-corrected chi connectivity index (χ2v) is 4.15. The van der Waals surface area contributed by atoms with Crippen LogP contribution in [-0.4, -0.2) is 31.3 Å². The molecule has 0 saturated carbocycles. The van der Waals surface area contributed by atoms with E-state index < -0.39 is 0 Å². The minimum absolute atomic E-state index is 0.622. The van der Waals surface area contributed by atoms with Gasteiger partial charge >= 0.3 is 0 Å². The summed E-state index contributed by atoms with van der Waals surface area (Å²) in [5.74, 6) is 0. The van der Waals surface area contributed by atoms with Gasteiger partial charge in [-0.15, -0.1) is 0 Å². The van der Waals surface area contributed by atoms with Crippen molar-refractivity contribution in [2.45, 2.75) is 43.9 Å². The first-order chi connectivity index (χ1) is 5.33. The van der Waals surface area contributed by atoms with Crippen LogP contribution in [-0.2, 0) is 0 Å². The minimum atomic E-state index is 0.622. The summed E-state index contributed by atoms with van der Waals surface area (Å²) in [4.78, 5) is 2.60. The predicted octanol–water partition coefficient (Wildman–Crippen LogP) is 1.79. The van der Waals surface area contributed by atoms with Crippen molar-refractivity contribution in [3.63, 3.8) is 0 Å². The Morgan fingerprint density at radius 2 is 2.00 bits per heavy atom. The van der Waals surface area contributed by atoms with Gasteiger partial charge in [-0.1, -0.05) is 25.5 Å². The molecule has 61 valence electrons. The van der Waals surface area contributed by atoms with Crippen molar-refractivity contribution in [2.24, 2.45) is 0 Å². The lowest BCUT2D eigenvalue weighted by molar-refractivity contribution is 0.142. The van der Waals surface area contributed by atoms with Crippen molar-refractivity contribution in [2.75, 3.05) is 13.6 Å². The van der Waals surface area contributed by atoms with E-state index in [1.165, 1.54) is 44.9 Å². The van der Waals surface area contributed by atoms with Crippen LogP contribution in [0.2, 0.25) is 12.6 Å². The molecule has 1 radical (unpaired) electrons. The van der Waals surface area contributed by atoms with Gasteiger partial charge in [0.1, 0.15) is 7.28 Å². The fourth-order valence-electron chi connectivity index (χ4n) is 2.40. The van der Waals surface area contributed by atoms with Crippen LogP contribution in [0.4, 0.5) is 0 Å². The molecule has 2 aliphatic heterocycles. The number of rotatable bonds is 0. The van der Waals surface area contributed by atoms with Gasteiger partial charge in [-0.2, -0.15) is 0 Å². The van der Waals surface area contributed by atoms with Gasteiger partial charge in [-0.3, -0.25) is 0 Å². The van der Waals surface area contributed by atoms with Crippen molar-refractivity contribution < 1.29 is 0 Å². The summed E-state index contributed by atoms with van der Waals surface area (Å²) in [6.07, 6.45) is 8.47. The number of hydrogen-bond acceptors (Lipinski definition) is 1.